The molecular formula is C14H14IN3O2. The minimum atomic E-state index is -0.187. The van der Waals surface area contributed by atoms with Crippen molar-refractivity contribution < 1.29 is 9.53 Å². The average molecular weight is 383 g/mol. The van der Waals surface area contributed by atoms with Crippen molar-refractivity contribution in [1.82, 2.24) is 9.97 Å². The first-order valence-corrected chi connectivity index (χ1v) is 7.10. The van der Waals surface area contributed by atoms with Crippen LogP contribution < -0.4 is 10.1 Å². The number of nitrogens with zero attached hydrogens (tertiary/aromatic N) is 2. The number of halogens is 1. The van der Waals surface area contributed by atoms with Crippen LogP contribution in [-0.4, -0.2) is 15.9 Å². The monoisotopic (exact) mass is 383 g/mol. The molecule has 0 aliphatic carbocycles. The summed E-state index contributed by atoms with van der Waals surface area (Å²) in [6.07, 6.45) is 0. The molecule has 0 radical (unpaired) electrons. The fourth-order valence-electron chi connectivity index (χ4n) is 1.71. The Hall–Kier alpha value is -1.70. The largest absolute Gasteiger partial charge is 0.436 e. The van der Waals surface area contributed by atoms with Gasteiger partial charge in [0, 0.05) is 6.92 Å². The van der Waals surface area contributed by atoms with E-state index in [1.807, 2.05) is 31.2 Å². The fraction of sp³-hybridized carbons (Fsp3) is 0.214. The van der Waals surface area contributed by atoms with Crippen LogP contribution in [0.2, 0.25) is 0 Å². The average Bonchev–Trinajstić information content (AvgIpc) is 2.36. The molecule has 5 nitrogen and oxygen atoms in total. The molecule has 6 heteroatoms. The Balaban J connectivity index is 2.44. The van der Waals surface area contributed by atoms with E-state index in [0.717, 1.165) is 3.57 Å². The highest BCUT2D eigenvalue weighted by molar-refractivity contribution is 14.1. The Labute approximate surface area is 130 Å². The summed E-state index contributed by atoms with van der Waals surface area (Å²) in [7, 11) is 0. The molecule has 1 N–H and O–H groups in total. The molecule has 0 aliphatic heterocycles. The van der Waals surface area contributed by atoms with Crippen molar-refractivity contribution in [2.45, 2.75) is 20.8 Å². The maximum Gasteiger partial charge on any atom is 0.247 e. The van der Waals surface area contributed by atoms with Crippen LogP contribution in [-0.2, 0) is 4.79 Å². The van der Waals surface area contributed by atoms with Gasteiger partial charge in [0.2, 0.25) is 11.8 Å². The van der Waals surface area contributed by atoms with Crippen molar-refractivity contribution in [1.29, 1.82) is 0 Å². The van der Waals surface area contributed by atoms with Gasteiger partial charge in [-0.25, -0.2) is 4.98 Å². The van der Waals surface area contributed by atoms with E-state index >= 15 is 0 Å². The lowest BCUT2D eigenvalue weighted by Crippen LogP contribution is -2.11. The number of anilines is 1. The van der Waals surface area contributed by atoms with Gasteiger partial charge in [-0.15, -0.1) is 0 Å². The number of aromatic nitrogens is 2. The van der Waals surface area contributed by atoms with Crippen LogP contribution in [0.1, 0.15) is 18.4 Å². The highest BCUT2D eigenvalue weighted by Gasteiger charge is 2.14. The second-order valence-corrected chi connectivity index (χ2v) is 5.41. The molecule has 2 rings (SSSR count). The zero-order chi connectivity index (χ0) is 14.7. The fourth-order valence-corrected chi connectivity index (χ4v) is 2.20. The molecule has 0 bridgehead atoms. The first-order valence-electron chi connectivity index (χ1n) is 6.02. The minimum absolute atomic E-state index is 0.187. The van der Waals surface area contributed by atoms with Gasteiger partial charge >= 0.3 is 0 Å². The normalized spacial score (nSPS) is 10.2. The number of ether oxygens (including phenoxy) is 1. The quantitative estimate of drug-likeness (QED) is 0.825. The van der Waals surface area contributed by atoms with Crippen LogP contribution >= 0.6 is 22.6 Å². The van der Waals surface area contributed by atoms with Gasteiger partial charge in [-0.2, -0.15) is 4.98 Å². The van der Waals surface area contributed by atoms with Crippen LogP contribution in [0.15, 0.2) is 24.3 Å². The number of aryl methyl sites for hydroxylation is 2. The van der Waals surface area contributed by atoms with Gasteiger partial charge in [-0.3, -0.25) is 4.79 Å². The molecular weight excluding hydrogens is 369 g/mol. The summed E-state index contributed by atoms with van der Waals surface area (Å²) in [5.41, 5.74) is 1.18. The zero-order valence-corrected chi connectivity index (χ0v) is 13.6. The molecule has 0 atom stereocenters. The summed E-state index contributed by atoms with van der Waals surface area (Å²) >= 11 is 2.19. The summed E-state index contributed by atoms with van der Waals surface area (Å²) < 4.78 is 6.80. The Bertz CT molecular complexity index is 659. The van der Waals surface area contributed by atoms with Crippen LogP contribution in [0.25, 0.3) is 0 Å². The third-order valence-electron chi connectivity index (χ3n) is 2.51. The first-order chi connectivity index (χ1) is 9.47. The molecule has 0 fully saturated rings. The van der Waals surface area contributed by atoms with Crippen molar-refractivity contribution in [3.63, 3.8) is 0 Å². The summed E-state index contributed by atoms with van der Waals surface area (Å²) in [5.74, 6) is 1.46. The predicted molar refractivity (Wildman–Crippen MR) is 85.0 cm³/mol. The van der Waals surface area contributed by atoms with Crippen molar-refractivity contribution in [3.8, 4) is 11.6 Å². The van der Waals surface area contributed by atoms with Gasteiger partial charge in [-0.1, -0.05) is 12.1 Å². The molecule has 1 amide bonds. The predicted octanol–water partition coefficient (Wildman–Crippen LogP) is 3.45. The van der Waals surface area contributed by atoms with Gasteiger partial charge in [0.25, 0.3) is 0 Å². The number of amides is 1. The van der Waals surface area contributed by atoms with E-state index in [1.165, 1.54) is 6.92 Å². The van der Waals surface area contributed by atoms with Gasteiger partial charge < -0.3 is 10.1 Å². The number of carbonyl (C=O) groups is 1. The number of para-hydroxylation sites is 1. The van der Waals surface area contributed by atoms with Crippen molar-refractivity contribution in [3.05, 3.63) is 39.4 Å². The Morgan fingerprint density at radius 2 is 1.95 bits per heavy atom. The Morgan fingerprint density at radius 1 is 1.25 bits per heavy atom. The van der Waals surface area contributed by atoms with Gasteiger partial charge in [-0.05, 0) is 48.6 Å². The molecule has 0 saturated heterocycles. The van der Waals surface area contributed by atoms with E-state index in [0.29, 0.717) is 28.8 Å². The molecule has 0 aliphatic rings. The second-order valence-electron chi connectivity index (χ2n) is 4.25. The lowest BCUT2D eigenvalue weighted by atomic mass is 10.3. The summed E-state index contributed by atoms with van der Waals surface area (Å²) in [6.45, 7) is 5.03. The molecule has 1 aromatic heterocycles. The number of hydrogen-bond donors (Lipinski definition) is 1. The van der Waals surface area contributed by atoms with Gasteiger partial charge in [0.1, 0.15) is 17.3 Å². The third-order valence-corrected chi connectivity index (χ3v) is 3.40. The van der Waals surface area contributed by atoms with Crippen LogP contribution in [0.4, 0.5) is 5.69 Å². The highest BCUT2D eigenvalue weighted by Crippen LogP contribution is 2.31. The number of hydrogen-bond acceptors (Lipinski definition) is 4. The smallest absolute Gasteiger partial charge is 0.247 e. The van der Waals surface area contributed by atoms with E-state index < -0.39 is 0 Å². The number of rotatable bonds is 3. The molecule has 2 aromatic rings. The number of carbonyl (C=O) groups excluding carboxylic acids is 1. The minimum Gasteiger partial charge on any atom is -0.436 e. The summed E-state index contributed by atoms with van der Waals surface area (Å²) in [6, 6.07) is 7.61. The van der Waals surface area contributed by atoms with Gasteiger partial charge in [0.05, 0.1) is 9.26 Å². The zero-order valence-electron chi connectivity index (χ0n) is 11.4. The van der Waals surface area contributed by atoms with Crippen LogP contribution in [0, 0.1) is 17.4 Å². The molecule has 0 saturated carbocycles. The van der Waals surface area contributed by atoms with E-state index in [9.17, 15) is 4.79 Å². The van der Waals surface area contributed by atoms with Crippen molar-refractivity contribution >= 4 is 34.2 Å². The number of nitrogens with one attached hydrogen (secondary N) is 1. The van der Waals surface area contributed by atoms with E-state index in [4.69, 9.17) is 4.74 Å². The summed E-state index contributed by atoms with van der Waals surface area (Å²) in [5, 5.41) is 2.72. The topological polar surface area (TPSA) is 64.1 Å². The molecule has 0 spiro atoms. The SMILES string of the molecule is CC(=O)Nc1c(C)nc(C)nc1Oc1ccccc1I. The maximum absolute atomic E-state index is 11.3. The highest BCUT2D eigenvalue weighted by atomic mass is 127. The third kappa shape index (κ3) is 3.44. The van der Waals surface area contributed by atoms with Crippen LogP contribution in [0.3, 0.4) is 0 Å². The molecule has 104 valence electrons. The second kappa shape index (κ2) is 6.17. The number of benzene rings is 1. The van der Waals surface area contributed by atoms with Crippen molar-refractivity contribution in [2.24, 2.45) is 0 Å². The standard InChI is InChI=1S/C14H14IN3O2/c1-8-13(18-10(3)19)14(17-9(2)16-8)20-12-7-5-4-6-11(12)15/h4-7H,1-3H3,(H,18,19). The van der Waals surface area contributed by atoms with Crippen molar-refractivity contribution in [2.75, 3.05) is 5.32 Å². The Kier molecular flexibility index (Phi) is 4.53. The van der Waals surface area contributed by atoms with Crippen LogP contribution in [0.5, 0.6) is 11.6 Å². The van der Waals surface area contributed by atoms with E-state index in [2.05, 4.69) is 37.9 Å². The molecule has 0 unspecified atom stereocenters. The van der Waals surface area contributed by atoms with E-state index in [1.54, 1.807) is 6.92 Å². The van der Waals surface area contributed by atoms with Gasteiger partial charge in [0.15, 0.2) is 0 Å². The molecule has 20 heavy (non-hydrogen) atoms. The Morgan fingerprint density at radius 3 is 2.60 bits per heavy atom. The molecule has 1 aromatic carbocycles. The lowest BCUT2D eigenvalue weighted by molar-refractivity contribution is -0.114. The first kappa shape index (κ1) is 14.7. The molecule has 1 heterocycles. The maximum atomic E-state index is 11.3. The van der Waals surface area contributed by atoms with E-state index in [-0.39, 0.29) is 5.91 Å². The lowest BCUT2D eigenvalue weighted by Gasteiger charge is -2.13. The summed E-state index contributed by atoms with van der Waals surface area (Å²) in [4.78, 5) is 19.8.